The van der Waals surface area contributed by atoms with Crippen LogP contribution < -0.4 is 5.32 Å². The molecule has 0 bridgehead atoms. The summed E-state index contributed by atoms with van der Waals surface area (Å²) in [6.07, 6.45) is 0.375. The molecular formula is C12H16ClNO2. The van der Waals surface area contributed by atoms with Gasteiger partial charge in [-0.15, -0.1) is 0 Å². The number of ether oxygens (including phenoxy) is 1. The fourth-order valence-corrected chi connectivity index (χ4v) is 1.52. The lowest BCUT2D eigenvalue weighted by atomic mass is 10.1. The number of hydrogen-bond donors (Lipinski definition) is 1. The molecule has 1 rings (SSSR count). The molecule has 3 nitrogen and oxygen atoms in total. The molecule has 16 heavy (non-hydrogen) atoms. The number of nitrogens with one attached hydrogen (secondary N) is 1. The minimum Gasteiger partial charge on any atom is -0.383 e. The van der Waals surface area contributed by atoms with E-state index in [-0.39, 0.29) is 5.78 Å². The van der Waals surface area contributed by atoms with Gasteiger partial charge in [0.2, 0.25) is 0 Å². The Bertz CT molecular complexity index is 342. The van der Waals surface area contributed by atoms with Crippen LogP contribution in [0.15, 0.2) is 24.3 Å². The van der Waals surface area contributed by atoms with Crippen molar-refractivity contribution in [3.05, 3.63) is 34.9 Å². The Morgan fingerprint density at radius 2 is 2.19 bits per heavy atom. The van der Waals surface area contributed by atoms with Crippen molar-refractivity contribution >= 4 is 17.4 Å². The van der Waals surface area contributed by atoms with Crippen molar-refractivity contribution in [2.24, 2.45) is 0 Å². The molecule has 0 fully saturated rings. The van der Waals surface area contributed by atoms with Crippen LogP contribution in [0.1, 0.15) is 5.56 Å². The molecule has 0 aliphatic carbocycles. The van der Waals surface area contributed by atoms with Gasteiger partial charge in [-0.2, -0.15) is 0 Å². The fourth-order valence-electron chi connectivity index (χ4n) is 1.32. The molecule has 0 unspecified atom stereocenters. The molecule has 0 spiro atoms. The molecule has 0 aliphatic heterocycles. The lowest BCUT2D eigenvalue weighted by molar-refractivity contribution is -0.117. The molecular weight excluding hydrogens is 226 g/mol. The largest absolute Gasteiger partial charge is 0.383 e. The Balaban J connectivity index is 2.32. The highest BCUT2D eigenvalue weighted by Crippen LogP contribution is 2.15. The van der Waals surface area contributed by atoms with Gasteiger partial charge in [0.05, 0.1) is 13.2 Å². The van der Waals surface area contributed by atoms with E-state index in [2.05, 4.69) is 5.32 Å². The van der Waals surface area contributed by atoms with Crippen molar-refractivity contribution in [2.75, 3.05) is 26.8 Å². The van der Waals surface area contributed by atoms with Gasteiger partial charge in [-0.05, 0) is 11.6 Å². The van der Waals surface area contributed by atoms with Crippen LogP contribution in [0.25, 0.3) is 0 Å². The predicted molar refractivity (Wildman–Crippen MR) is 64.9 cm³/mol. The van der Waals surface area contributed by atoms with Crippen LogP contribution in [0.3, 0.4) is 0 Å². The summed E-state index contributed by atoms with van der Waals surface area (Å²) in [5, 5.41) is 3.65. The first-order chi connectivity index (χ1) is 7.74. The molecule has 0 saturated heterocycles. The van der Waals surface area contributed by atoms with Crippen molar-refractivity contribution < 1.29 is 9.53 Å². The summed E-state index contributed by atoms with van der Waals surface area (Å²) in [4.78, 5) is 11.6. The molecule has 0 saturated carbocycles. The first-order valence-electron chi connectivity index (χ1n) is 5.19. The Morgan fingerprint density at radius 3 is 2.88 bits per heavy atom. The van der Waals surface area contributed by atoms with Gasteiger partial charge in [0.25, 0.3) is 0 Å². The number of carbonyl (C=O) groups excluding carboxylic acids is 1. The topological polar surface area (TPSA) is 38.3 Å². The van der Waals surface area contributed by atoms with Gasteiger partial charge in [0.1, 0.15) is 0 Å². The number of ketones is 1. The van der Waals surface area contributed by atoms with E-state index in [0.717, 1.165) is 5.56 Å². The smallest absolute Gasteiger partial charge is 0.151 e. The van der Waals surface area contributed by atoms with E-state index >= 15 is 0 Å². The van der Waals surface area contributed by atoms with E-state index in [4.69, 9.17) is 16.3 Å². The lowest BCUT2D eigenvalue weighted by Gasteiger charge is -2.05. The van der Waals surface area contributed by atoms with Crippen molar-refractivity contribution in [3.8, 4) is 0 Å². The molecule has 0 amide bonds. The highest BCUT2D eigenvalue weighted by molar-refractivity contribution is 6.31. The highest BCUT2D eigenvalue weighted by atomic mass is 35.5. The van der Waals surface area contributed by atoms with Gasteiger partial charge in [-0.1, -0.05) is 29.8 Å². The van der Waals surface area contributed by atoms with Crippen LogP contribution in [-0.4, -0.2) is 32.6 Å². The van der Waals surface area contributed by atoms with Crippen LogP contribution in [-0.2, 0) is 16.0 Å². The van der Waals surface area contributed by atoms with Crippen molar-refractivity contribution in [1.82, 2.24) is 5.32 Å². The van der Waals surface area contributed by atoms with Crippen molar-refractivity contribution in [2.45, 2.75) is 6.42 Å². The number of benzene rings is 1. The highest BCUT2D eigenvalue weighted by Gasteiger charge is 2.05. The number of carbonyl (C=O) groups is 1. The van der Waals surface area contributed by atoms with Crippen LogP contribution in [0.5, 0.6) is 0 Å². The molecule has 0 aromatic heterocycles. The number of Topliss-reactive ketones (excluding diaryl/α,β-unsaturated/α-hetero) is 1. The Morgan fingerprint density at radius 1 is 1.44 bits per heavy atom. The predicted octanol–water partition coefficient (Wildman–Crippen LogP) is 1.69. The average molecular weight is 242 g/mol. The maximum atomic E-state index is 11.6. The van der Waals surface area contributed by atoms with Crippen LogP contribution in [0, 0.1) is 0 Å². The summed E-state index contributed by atoms with van der Waals surface area (Å²) in [6, 6.07) is 7.40. The monoisotopic (exact) mass is 241 g/mol. The normalized spacial score (nSPS) is 10.4. The molecule has 1 aromatic carbocycles. The average Bonchev–Trinajstić information content (AvgIpc) is 2.28. The van der Waals surface area contributed by atoms with Gasteiger partial charge in [-0.25, -0.2) is 0 Å². The van der Waals surface area contributed by atoms with Gasteiger partial charge < -0.3 is 10.1 Å². The summed E-state index contributed by atoms with van der Waals surface area (Å²) < 4.78 is 4.87. The zero-order valence-electron chi connectivity index (χ0n) is 9.33. The zero-order valence-corrected chi connectivity index (χ0v) is 10.1. The Kier molecular flexibility index (Phi) is 6.08. The summed E-state index contributed by atoms with van der Waals surface area (Å²) >= 11 is 5.96. The summed E-state index contributed by atoms with van der Waals surface area (Å²) in [5.74, 6) is 0.129. The van der Waals surface area contributed by atoms with Crippen LogP contribution in [0.2, 0.25) is 5.02 Å². The van der Waals surface area contributed by atoms with E-state index < -0.39 is 0 Å². The van der Waals surface area contributed by atoms with Gasteiger partial charge in [0.15, 0.2) is 5.78 Å². The molecule has 1 aromatic rings. The van der Waals surface area contributed by atoms with E-state index in [9.17, 15) is 4.79 Å². The molecule has 0 radical (unpaired) electrons. The van der Waals surface area contributed by atoms with Gasteiger partial charge in [-0.3, -0.25) is 4.79 Å². The molecule has 0 heterocycles. The minimum absolute atomic E-state index is 0.129. The third-order valence-electron chi connectivity index (χ3n) is 2.15. The van der Waals surface area contributed by atoms with E-state index in [1.165, 1.54) is 0 Å². The standard InChI is InChI=1S/C12H16ClNO2/c1-16-7-6-14-9-11(15)8-10-4-2-3-5-12(10)13/h2-5,14H,6-9H2,1H3. The number of rotatable bonds is 7. The zero-order chi connectivity index (χ0) is 11.8. The molecule has 1 N–H and O–H groups in total. The van der Waals surface area contributed by atoms with E-state index in [1.807, 2.05) is 18.2 Å². The Labute approximate surface area is 101 Å². The first-order valence-corrected chi connectivity index (χ1v) is 5.56. The molecule has 88 valence electrons. The summed E-state index contributed by atoms with van der Waals surface area (Å²) in [7, 11) is 1.63. The number of methoxy groups -OCH3 is 1. The third-order valence-corrected chi connectivity index (χ3v) is 2.52. The van der Waals surface area contributed by atoms with E-state index in [1.54, 1.807) is 13.2 Å². The maximum absolute atomic E-state index is 11.6. The molecule has 4 heteroatoms. The maximum Gasteiger partial charge on any atom is 0.151 e. The summed E-state index contributed by atoms with van der Waals surface area (Å²) in [5.41, 5.74) is 0.878. The van der Waals surface area contributed by atoms with Crippen LogP contribution >= 0.6 is 11.6 Å². The van der Waals surface area contributed by atoms with Gasteiger partial charge >= 0.3 is 0 Å². The summed E-state index contributed by atoms with van der Waals surface area (Å²) in [6.45, 7) is 1.65. The third kappa shape index (κ3) is 4.75. The van der Waals surface area contributed by atoms with Crippen molar-refractivity contribution in [3.63, 3.8) is 0 Å². The number of hydrogen-bond acceptors (Lipinski definition) is 3. The quantitative estimate of drug-likeness (QED) is 0.739. The van der Waals surface area contributed by atoms with E-state index in [0.29, 0.717) is 31.1 Å². The second kappa shape index (κ2) is 7.39. The molecule has 0 atom stereocenters. The SMILES string of the molecule is COCCNCC(=O)Cc1ccccc1Cl. The first kappa shape index (κ1) is 13.2. The van der Waals surface area contributed by atoms with Crippen LogP contribution in [0.4, 0.5) is 0 Å². The fraction of sp³-hybridized carbons (Fsp3) is 0.417. The second-order valence-electron chi connectivity index (χ2n) is 3.48. The number of halogens is 1. The van der Waals surface area contributed by atoms with Gasteiger partial charge in [0, 0.05) is 25.1 Å². The van der Waals surface area contributed by atoms with Crippen molar-refractivity contribution in [1.29, 1.82) is 0 Å². The second-order valence-corrected chi connectivity index (χ2v) is 3.88. The molecule has 0 aliphatic rings. The minimum atomic E-state index is 0.129. The Hall–Kier alpha value is -0.900. The lowest BCUT2D eigenvalue weighted by Crippen LogP contribution is -2.27.